The summed E-state index contributed by atoms with van der Waals surface area (Å²) in [7, 11) is 0. The minimum Gasteiger partial charge on any atom is -0.348 e. The van der Waals surface area contributed by atoms with Gasteiger partial charge in [-0.2, -0.15) is 0 Å². The van der Waals surface area contributed by atoms with Crippen LogP contribution in [0.25, 0.3) is 0 Å². The molecule has 2 N–H and O–H groups in total. The predicted molar refractivity (Wildman–Crippen MR) is 66.6 cm³/mol. The van der Waals surface area contributed by atoms with Crippen molar-refractivity contribution in [2.45, 2.75) is 26.3 Å². The molecule has 1 heterocycles. The first kappa shape index (κ1) is 13.5. The number of nitrogens with one attached hydrogen (secondary N) is 2. The van der Waals surface area contributed by atoms with Crippen LogP contribution in [0.2, 0.25) is 0 Å². The Bertz CT molecular complexity index is 302. The van der Waals surface area contributed by atoms with Crippen molar-refractivity contribution in [3.05, 3.63) is 12.7 Å². The standard InChI is InChI=1S/C12H21N3O2/c1-4-11(16)14-10(9(2)3)8-15-7-5-6-13-12(15)17/h4,9-10H,1,5-8H2,2-3H3,(H,13,17)(H,14,16). The van der Waals surface area contributed by atoms with Crippen molar-refractivity contribution in [2.75, 3.05) is 19.6 Å². The Balaban J connectivity index is 2.56. The zero-order valence-corrected chi connectivity index (χ0v) is 10.5. The largest absolute Gasteiger partial charge is 0.348 e. The van der Waals surface area contributed by atoms with Gasteiger partial charge in [0.05, 0.1) is 0 Å². The van der Waals surface area contributed by atoms with Gasteiger partial charge in [-0.1, -0.05) is 20.4 Å². The molecule has 3 amide bonds. The lowest BCUT2D eigenvalue weighted by Crippen LogP contribution is -2.53. The van der Waals surface area contributed by atoms with E-state index in [1.807, 2.05) is 13.8 Å². The summed E-state index contributed by atoms with van der Waals surface area (Å²) in [6.45, 7) is 9.51. The summed E-state index contributed by atoms with van der Waals surface area (Å²) in [4.78, 5) is 24.6. The second-order valence-corrected chi connectivity index (χ2v) is 4.59. The third-order valence-electron chi connectivity index (χ3n) is 2.90. The third-order valence-corrected chi connectivity index (χ3v) is 2.90. The van der Waals surface area contributed by atoms with E-state index >= 15 is 0 Å². The first-order valence-corrected chi connectivity index (χ1v) is 6.00. The van der Waals surface area contributed by atoms with Crippen molar-refractivity contribution in [1.29, 1.82) is 0 Å². The molecular formula is C12H21N3O2. The maximum absolute atomic E-state index is 11.6. The number of carbonyl (C=O) groups excluding carboxylic acids is 2. The normalized spacial score (nSPS) is 17.6. The molecule has 0 aromatic rings. The van der Waals surface area contributed by atoms with Crippen molar-refractivity contribution < 1.29 is 9.59 Å². The molecule has 1 aliphatic rings. The fraction of sp³-hybridized carbons (Fsp3) is 0.667. The fourth-order valence-corrected chi connectivity index (χ4v) is 1.75. The van der Waals surface area contributed by atoms with E-state index in [0.29, 0.717) is 6.54 Å². The molecule has 96 valence electrons. The van der Waals surface area contributed by atoms with Crippen LogP contribution in [0.4, 0.5) is 4.79 Å². The van der Waals surface area contributed by atoms with E-state index in [9.17, 15) is 9.59 Å². The van der Waals surface area contributed by atoms with Gasteiger partial charge in [-0.05, 0) is 18.4 Å². The van der Waals surface area contributed by atoms with Gasteiger partial charge in [0, 0.05) is 25.7 Å². The molecule has 0 radical (unpaired) electrons. The molecule has 17 heavy (non-hydrogen) atoms. The van der Waals surface area contributed by atoms with Gasteiger partial charge < -0.3 is 15.5 Å². The number of amides is 3. The molecule has 0 aromatic carbocycles. The van der Waals surface area contributed by atoms with E-state index < -0.39 is 0 Å². The molecule has 0 aromatic heterocycles. The van der Waals surface area contributed by atoms with E-state index in [0.717, 1.165) is 19.5 Å². The molecule has 0 aliphatic carbocycles. The van der Waals surface area contributed by atoms with Gasteiger partial charge in [-0.15, -0.1) is 0 Å². The molecular weight excluding hydrogens is 218 g/mol. The van der Waals surface area contributed by atoms with Crippen LogP contribution in [-0.2, 0) is 4.79 Å². The molecule has 1 saturated heterocycles. The monoisotopic (exact) mass is 239 g/mol. The topological polar surface area (TPSA) is 61.4 Å². The van der Waals surface area contributed by atoms with E-state index in [1.165, 1.54) is 6.08 Å². The Kier molecular flexibility index (Phi) is 5.00. The molecule has 1 aliphatic heterocycles. The number of nitrogens with zero attached hydrogens (tertiary/aromatic N) is 1. The molecule has 0 saturated carbocycles. The van der Waals surface area contributed by atoms with Crippen LogP contribution in [-0.4, -0.2) is 42.5 Å². The number of carbonyl (C=O) groups is 2. The Hall–Kier alpha value is -1.52. The van der Waals surface area contributed by atoms with Gasteiger partial charge in [0.15, 0.2) is 0 Å². The predicted octanol–water partition coefficient (Wildman–Crippen LogP) is 0.728. The van der Waals surface area contributed by atoms with Crippen molar-refractivity contribution in [1.82, 2.24) is 15.5 Å². The number of hydrogen-bond acceptors (Lipinski definition) is 2. The lowest BCUT2D eigenvalue weighted by molar-refractivity contribution is -0.117. The molecule has 5 nitrogen and oxygen atoms in total. The number of hydrogen-bond donors (Lipinski definition) is 2. The van der Waals surface area contributed by atoms with Crippen molar-refractivity contribution in [3.8, 4) is 0 Å². The summed E-state index contributed by atoms with van der Waals surface area (Å²) < 4.78 is 0. The second-order valence-electron chi connectivity index (χ2n) is 4.59. The summed E-state index contributed by atoms with van der Waals surface area (Å²) in [6, 6.07) is -0.0842. The average molecular weight is 239 g/mol. The molecule has 1 fully saturated rings. The molecule has 1 atom stereocenters. The molecule has 1 unspecified atom stereocenters. The van der Waals surface area contributed by atoms with Crippen LogP contribution >= 0.6 is 0 Å². The highest BCUT2D eigenvalue weighted by molar-refractivity contribution is 5.87. The molecule has 1 rings (SSSR count). The first-order valence-electron chi connectivity index (χ1n) is 6.00. The van der Waals surface area contributed by atoms with Crippen molar-refractivity contribution in [3.63, 3.8) is 0 Å². The van der Waals surface area contributed by atoms with E-state index in [-0.39, 0.29) is 23.9 Å². The average Bonchev–Trinajstić information content (AvgIpc) is 2.30. The Morgan fingerprint density at radius 2 is 2.35 bits per heavy atom. The highest BCUT2D eigenvalue weighted by Gasteiger charge is 2.23. The smallest absolute Gasteiger partial charge is 0.317 e. The van der Waals surface area contributed by atoms with Gasteiger partial charge in [0.2, 0.25) is 5.91 Å². The van der Waals surface area contributed by atoms with Gasteiger partial charge in [-0.25, -0.2) is 4.79 Å². The maximum atomic E-state index is 11.6. The van der Waals surface area contributed by atoms with Crippen LogP contribution in [0.1, 0.15) is 20.3 Å². The summed E-state index contributed by atoms with van der Waals surface area (Å²) in [5.74, 6) is 0.0785. The summed E-state index contributed by atoms with van der Waals surface area (Å²) in [6.07, 6.45) is 2.21. The Morgan fingerprint density at radius 1 is 1.65 bits per heavy atom. The molecule has 5 heteroatoms. The lowest BCUT2D eigenvalue weighted by Gasteiger charge is -2.32. The highest BCUT2D eigenvalue weighted by Crippen LogP contribution is 2.07. The molecule has 0 bridgehead atoms. The minimum atomic E-state index is -0.193. The van der Waals surface area contributed by atoms with Crippen molar-refractivity contribution in [2.24, 2.45) is 5.92 Å². The summed E-state index contributed by atoms with van der Waals surface area (Å²) in [5.41, 5.74) is 0. The van der Waals surface area contributed by atoms with Crippen LogP contribution in [0.5, 0.6) is 0 Å². The lowest BCUT2D eigenvalue weighted by atomic mass is 10.0. The summed E-state index contributed by atoms with van der Waals surface area (Å²) in [5, 5.41) is 5.65. The SMILES string of the molecule is C=CC(=O)NC(CN1CCCNC1=O)C(C)C. The first-order chi connectivity index (χ1) is 8.04. The third kappa shape index (κ3) is 4.09. The van der Waals surface area contributed by atoms with E-state index in [1.54, 1.807) is 4.90 Å². The van der Waals surface area contributed by atoms with Crippen LogP contribution < -0.4 is 10.6 Å². The number of urea groups is 1. The van der Waals surface area contributed by atoms with Crippen LogP contribution in [0.15, 0.2) is 12.7 Å². The van der Waals surface area contributed by atoms with E-state index in [4.69, 9.17) is 0 Å². The van der Waals surface area contributed by atoms with Gasteiger partial charge >= 0.3 is 6.03 Å². The zero-order valence-electron chi connectivity index (χ0n) is 10.5. The Morgan fingerprint density at radius 3 is 2.88 bits per heavy atom. The van der Waals surface area contributed by atoms with Crippen LogP contribution in [0, 0.1) is 5.92 Å². The highest BCUT2D eigenvalue weighted by atomic mass is 16.2. The Labute approximate surface area is 102 Å². The quantitative estimate of drug-likeness (QED) is 0.695. The van der Waals surface area contributed by atoms with Crippen molar-refractivity contribution >= 4 is 11.9 Å². The maximum Gasteiger partial charge on any atom is 0.317 e. The number of rotatable bonds is 5. The minimum absolute atomic E-state index is 0.0376. The van der Waals surface area contributed by atoms with Gasteiger partial charge in [0.1, 0.15) is 0 Å². The van der Waals surface area contributed by atoms with Gasteiger partial charge in [0.25, 0.3) is 0 Å². The molecule has 0 spiro atoms. The second kappa shape index (κ2) is 6.27. The van der Waals surface area contributed by atoms with Crippen LogP contribution in [0.3, 0.4) is 0 Å². The van der Waals surface area contributed by atoms with E-state index in [2.05, 4.69) is 17.2 Å². The zero-order chi connectivity index (χ0) is 12.8. The fourth-order valence-electron chi connectivity index (χ4n) is 1.75. The summed E-state index contributed by atoms with van der Waals surface area (Å²) >= 11 is 0. The van der Waals surface area contributed by atoms with Gasteiger partial charge in [-0.3, -0.25) is 4.79 Å².